The molecule has 2 nitrogen and oxygen atoms in total. The molecule has 3 rings (SSSR count). The van der Waals surface area contributed by atoms with Crippen molar-refractivity contribution >= 4 is 17.3 Å². The molecule has 0 spiro atoms. The van der Waals surface area contributed by atoms with Crippen molar-refractivity contribution in [3.8, 4) is 0 Å². The summed E-state index contributed by atoms with van der Waals surface area (Å²) >= 11 is 6.01. The van der Waals surface area contributed by atoms with Crippen LogP contribution in [0.4, 0.5) is 10.1 Å². The lowest BCUT2D eigenvalue weighted by Gasteiger charge is -2.16. The molecule has 0 amide bonds. The Balaban J connectivity index is 1.86. The highest BCUT2D eigenvalue weighted by molar-refractivity contribution is 6.31. The van der Waals surface area contributed by atoms with Gasteiger partial charge < -0.3 is 10.4 Å². The van der Waals surface area contributed by atoms with Crippen LogP contribution < -0.4 is 5.32 Å². The van der Waals surface area contributed by atoms with Gasteiger partial charge in [0.15, 0.2) is 0 Å². The number of halogens is 2. The highest BCUT2D eigenvalue weighted by atomic mass is 35.5. The minimum Gasteiger partial charge on any atom is -0.388 e. The summed E-state index contributed by atoms with van der Waals surface area (Å²) < 4.78 is 13.0. The van der Waals surface area contributed by atoms with Gasteiger partial charge in [0.05, 0.1) is 6.10 Å². The lowest BCUT2D eigenvalue weighted by molar-refractivity contribution is 0.179. The zero-order chi connectivity index (χ0) is 14.1. The first-order valence-corrected chi connectivity index (χ1v) is 7.00. The number of para-hydroxylation sites is 1. The number of anilines is 1. The molecular formula is C16H15ClFNO. The van der Waals surface area contributed by atoms with Gasteiger partial charge in [-0.05, 0) is 29.7 Å². The van der Waals surface area contributed by atoms with E-state index in [1.165, 1.54) is 17.7 Å². The fraction of sp³-hybridized carbons (Fsp3) is 0.250. The van der Waals surface area contributed by atoms with Gasteiger partial charge in [0.1, 0.15) is 5.82 Å². The molecule has 0 bridgehead atoms. The molecule has 2 aromatic carbocycles. The standard InChI is InChI=1S/C16H15ClFNO/c17-14-9-12(18)5-4-11(14)8-15(20)13-3-1-2-10-6-7-19-16(10)13/h1-5,9,15,19-20H,6-8H2. The molecule has 2 aromatic rings. The van der Waals surface area contributed by atoms with Crippen LogP contribution in [0.3, 0.4) is 0 Å². The zero-order valence-corrected chi connectivity index (χ0v) is 11.6. The number of rotatable bonds is 3. The zero-order valence-electron chi connectivity index (χ0n) is 10.9. The molecule has 4 heteroatoms. The maximum Gasteiger partial charge on any atom is 0.124 e. The highest BCUT2D eigenvalue weighted by Crippen LogP contribution is 2.33. The van der Waals surface area contributed by atoms with E-state index in [2.05, 4.69) is 11.4 Å². The Morgan fingerprint density at radius 3 is 2.95 bits per heavy atom. The number of benzene rings is 2. The van der Waals surface area contributed by atoms with Crippen molar-refractivity contribution in [3.05, 3.63) is 63.9 Å². The number of hydrogen-bond acceptors (Lipinski definition) is 2. The van der Waals surface area contributed by atoms with Gasteiger partial charge in [-0.1, -0.05) is 35.9 Å². The van der Waals surface area contributed by atoms with Crippen LogP contribution in [0.5, 0.6) is 0 Å². The molecule has 0 aromatic heterocycles. The number of hydrogen-bond donors (Lipinski definition) is 2. The van der Waals surface area contributed by atoms with Crippen molar-refractivity contribution in [2.75, 3.05) is 11.9 Å². The van der Waals surface area contributed by atoms with Crippen molar-refractivity contribution in [1.29, 1.82) is 0 Å². The summed E-state index contributed by atoms with van der Waals surface area (Å²) in [4.78, 5) is 0. The Morgan fingerprint density at radius 2 is 2.15 bits per heavy atom. The average molecular weight is 292 g/mol. The fourth-order valence-corrected chi connectivity index (χ4v) is 2.89. The van der Waals surface area contributed by atoms with E-state index >= 15 is 0 Å². The van der Waals surface area contributed by atoms with Gasteiger partial charge in [-0.25, -0.2) is 4.39 Å². The van der Waals surface area contributed by atoms with Gasteiger partial charge in [-0.2, -0.15) is 0 Å². The van der Waals surface area contributed by atoms with E-state index in [-0.39, 0.29) is 5.82 Å². The van der Waals surface area contributed by atoms with Crippen molar-refractivity contribution < 1.29 is 9.50 Å². The number of aliphatic hydroxyl groups excluding tert-OH is 1. The molecule has 0 radical (unpaired) electrons. The summed E-state index contributed by atoms with van der Waals surface area (Å²) in [5.74, 6) is -0.365. The smallest absolute Gasteiger partial charge is 0.124 e. The third kappa shape index (κ3) is 2.51. The Kier molecular flexibility index (Phi) is 3.64. The van der Waals surface area contributed by atoms with Crippen LogP contribution in [0.2, 0.25) is 5.02 Å². The topological polar surface area (TPSA) is 32.3 Å². The van der Waals surface area contributed by atoms with E-state index in [1.54, 1.807) is 6.07 Å². The van der Waals surface area contributed by atoms with E-state index in [0.717, 1.165) is 29.8 Å². The molecular weight excluding hydrogens is 277 g/mol. The van der Waals surface area contributed by atoms with Gasteiger partial charge >= 0.3 is 0 Å². The maximum absolute atomic E-state index is 13.0. The third-order valence-corrected chi connectivity index (χ3v) is 4.02. The van der Waals surface area contributed by atoms with Gasteiger partial charge in [0.2, 0.25) is 0 Å². The van der Waals surface area contributed by atoms with Gasteiger partial charge in [-0.15, -0.1) is 0 Å². The second kappa shape index (κ2) is 5.43. The van der Waals surface area contributed by atoms with Crippen LogP contribution in [-0.4, -0.2) is 11.7 Å². The normalized spacial score (nSPS) is 14.8. The molecule has 20 heavy (non-hydrogen) atoms. The predicted molar refractivity (Wildman–Crippen MR) is 78.7 cm³/mol. The van der Waals surface area contributed by atoms with Crippen LogP contribution in [0.15, 0.2) is 36.4 Å². The molecule has 0 fully saturated rings. The van der Waals surface area contributed by atoms with Gasteiger partial charge in [0, 0.05) is 29.2 Å². The molecule has 1 atom stereocenters. The first-order chi connectivity index (χ1) is 9.65. The first kappa shape index (κ1) is 13.4. The van der Waals surface area contributed by atoms with Crippen LogP contribution in [0.25, 0.3) is 0 Å². The summed E-state index contributed by atoms with van der Waals surface area (Å²) in [5.41, 5.74) is 3.88. The van der Waals surface area contributed by atoms with E-state index in [1.807, 2.05) is 12.1 Å². The molecule has 2 N–H and O–H groups in total. The number of nitrogens with one attached hydrogen (secondary N) is 1. The molecule has 1 aliphatic rings. The Labute approximate surface area is 122 Å². The number of aliphatic hydroxyl groups is 1. The first-order valence-electron chi connectivity index (χ1n) is 6.63. The summed E-state index contributed by atoms with van der Waals surface area (Å²) in [7, 11) is 0. The molecule has 1 aliphatic heterocycles. The van der Waals surface area contributed by atoms with Crippen LogP contribution in [-0.2, 0) is 12.8 Å². The SMILES string of the molecule is OC(Cc1ccc(F)cc1Cl)c1cccc2c1NCC2. The largest absolute Gasteiger partial charge is 0.388 e. The van der Waals surface area contributed by atoms with Crippen molar-refractivity contribution in [1.82, 2.24) is 0 Å². The molecule has 104 valence electrons. The molecule has 0 saturated heterocycles. The predicted octanol–water partition coefficient (Wildman–Crippen LogP) is 3.72. The van der Waals surface area contributed by atoms with E-state index in [9.17, 15) is 9.50 Å². The molecule has 0 aliphatic carbocycles. The van der Waals surface area contributed by atoms with Gasteiger partial charge in [-0.3, -0.25) is 0 Å². The molecule has 1 heterocycles. The summed E-state index contributed by atoms with van der Waals surface area (Å²) in [5, 5.41) is 14.1. The Morgan fingerprint density at radius 1 is 1.30 bits per heavy atom. The average Bonchev–Trinajstić information content (AvgIpc) is 2.90. The van der Waals surface area contributed by atoms with Crippen LogP contribution in [0, 0.1) is 5.82 Å². The third-order valence-electron chi connectivity index (χ3n) is 3.67. The minimum absolute atomic E-state index is 0.351. The van der Waals surface area contributed by atoms with E-state index in [4.69, 9.17) is 11.6 Å². The second-order valence-electron chi connectivity index (χ2n) is 5.01. The van der Waals surface area contributed by atoms with Crippen molar-refractivity contribution in [2.45, 2.75) is 18.9 Å². The quantitative estimate of drug-likeness (QED) is 0.903. The lowest BCUT2D eigenvalue weighted by Crippen LogP contribution is -2.06. The minimum atomic E-state index is -0.654. The summed E-state index contributed by atoms with van der Waals surface area (Å²) in [6, 6.07) is 10.2. The second-order valence-corrected chi connectivity index (χ2v) is 5.42. The van der Waals surface area contributed by atoms with Crippen molar-refractivity contribution in [3.63, 3.8) is 0 Å². The summed E-state index contributed by atoms with van der Waals surface area (Å²) in [6.07, 6.45) is 0.697. The van der Waals surface area contributed by atoms with E-state index in [0.29, 0.717) is 11.4 Å². The van der Waals surface area contributed by atoms with Crippen LogP contribution >= 0.6 is 11.6 Å². The summed E-state index contributed by atoms with van der Waals surface area (Å²) in [6.45, 7) is 0.899. The maximum atomic E-state index is 13.0. The fourth-order valence-electron chi connectivity index (χ4n) is 2.65. The van der Waals surface area contributed by atoms with Crippen molar-refractivity contribution in [2.24, 2.45) is 0 Å². The van der Waals surface area contributed by atoms with Gasteiger partial charge in [0.25, 0.3) is 0 Å². The molecule has 0 saturated carbocycles. The lowest BCUT2D eigenvalue weighted by atomic mass is 9.98. The van der Waals surface area contributed by atoms with E-state index < -0.39 is 6.10 Å². The van der Waals surface area contributed by atoms with Crippen LogP contribution in [0.1, 0.15) is 22.8 Å². The number of fused-ring (bicyclic) bond motifs is 1. The molecule has 1 unspecified atom stereocenters. The highest BCUT2D eigenvalue weighted by Gasteiger charge is 2.19. The Bertz CT molecular complexity index is 644. The monoisotopic (exact) mass is 291 g/mol. The Hall–Kier alpha value is -1.58.